The number of methoxy groups -OCH3 is 2. The average molecular weight is 403 g/mol. The van der Waals surface area contributed by atoms with Gasteiger partial charge in [0, 0.05) is 13.1 Å². The molecule has 2 rings (SSSR count). The second-order valence-electron chi connectivity index (χ2n) is 6.75. The molecule has 0 spiro atoms. The topological polar surface area (TPSA) is 77.5 Å². The van der Waals surface area contributed by atoms with E-state index >= 15 is 0 Å². The quantitative estimate of drug-likeness (QED) is 0.578. The Bertz CT molecular complexity index is 777. The van der Waals surface area contributed by atoms with E-state index < -0.39 is 12.1 Å². The first-order valence-electron chi connectivity index (χ1n) is 9.38. The molecular formula is C22H29NO6. The minimum atomic E-state index is -0.690. The van der Waals surface area contributed by atoms with Gasteiger partial charge in [0.1, 0.15) is 25.1 Å². The summed E-state index contributed by atoms with van der Waals surface area (Å²) in [4.78, 5) is 13.6. The molecule has 0 aliphatic carbocycles. The lowest BCUT2D eigenvalue weighted by molar-refractivity contribution is 0.0598. The summed E-state index contributed by atoms with van der Waals surface area (Å²) in [6.07, 6.45) is -0.690. The van der Waals surface area contributed by atoms with E-state index in [2.05, 4.69) is 0 Å². The van der Waals surface area contributed by atoms with Gasteiger partial charge in [0.05, 0.1) is 19.8 Å². The van der Waals surface area contributed by atoms with Crippen molar-refractivity contribution in [1.82, 2.24) is 4.90 Å². The molecule has 0 amide bonds. The highest BCUT2D eigenvalue weighted by molar-refractivity contribution is 5.90. The molecule has 7 heteroatoms. The summed E-state index contributed by atoms with van der Waals surface area (Å²) in [5.41, 5.74) is 1.56. The summed E-state index contributed by atoms with van der Waals surface area (Å²) >= 11 is 0. The highest BCUT2D eigenvalue weighted by Crippen LogP contribution is 2.28. The number of benzene rings is 2. The van der Waals surface area contributed by atoms with Crippen LogP contribution in [0.5, 0.6) is 17.2 Å². The number of ether oxygens (including phenoxy) is 4. The third kappa shape index (κ3) is 7.29. The Morgan fingerprint density at radius 2 is 1.79 bits per heavy atom. The number of hydrogen-bond acceptors (Lipinski definition) is 7. The van der Waals surface area contributed by atoms with Crippen molar-refractivity contribution in [1.29, 1.82) is 0 Å². The van der Waals surface area contributed by atoms with Crippen LogP contribution in [0.3, 0.4) is 0 Å². The molecule has 7 nitrogen and oxygen atoms in total. The van der Waals surface area contributed by atoms with Gasteiger partial charge < -0.3 is 29.0 Å². The van der Waals surface area contributed by atoms with Crippen LogP contribution in [0.25, 0.3) is 0 Å². The molecular weight excluding hydrogens is 374 g/mol. The molecule has 1 unspecified atom stereocenters. The van der Waals surface area contributed by atoms with Crippen LogP contribution in [-0.2, 0) is 4.74 Å². The first kappa shape index (κ1) is 22.5. The number of aliphatic hydroxyl groups excluding tert-OH is 1. The number of esters is 1. The molecule has 0 bridgehead atoms. The fraction of sp³-hybridized carbons (Fsp3) is 0.409. The highest BCUT2D eigenvalue weighted by atomic mass is 16.5. The molecule has 0 fully saturated rings. The van der Waals surface area contributed by atoms with E-state index in [0.717, 1.165) is 5.75 Å². The van der Waals surface area contributed by atoms with Gasteiger partial charge in [-0.1, -0.05) is 17.7 Å². The predicted molar refractivity (Wildman–Crippen MR) is 110 cm³/mol. The Kier molecular flexibility index (Phi) is 8.76. The smallest absolute Gasteiger partial charge is 0.337 e. The van der Waals surface area contributed by atoms with Gasteiger partial charge in [-0.05, 0) is 44.3 Å². The van der Waals surface area contributed by atoms with E-state index in [1.54, 1.807) is 18.2 Å². The summed E-state index contributed by atoms with van der Waals surface area (Å²) in [5, 5.41) is 10.2. The second kappa shape index (κ2) is 11.3. The summed E-state index contributed by atoms with van der Waals surface area (Å²) < 4.78 is 21.3. The average Bonchev–Trinajstić information content (AvgIpc) is 2.72. The number of carbonyl (C=O) groups excluding carboxylic acids is 1. The minimum absolute atomic E-state index is 0.0943. The summed E-state index contributed by atoms with van der Waals surface area (Å²) in [7, 11) is 4.72. The molecule has 158 valence electrons. The van der Waals surface area contributed by atoms with Crippen LogP contribution in [0.2, 0.25) is 0 Å². The molecule has 0 heterocycles. The van der Waals surface area contributed by atoms with E-state index in [1.165, 1.54) is 19.8 Å². The number of rotatable bonds is 11. The molecule has 1 N–H and O–H groups in total. The lowest BCUT2D eigenvalue weighted by atomic mass is 10.2. The van der Waals surface area contributed by atoms with Gasteiger partial charge in [-0.2, -0.15) is 0 Å². The number of nitrogens with zero attached hydrogens (tertiary/aromatic N) is 1. The van der Waals surface area contributed by atoms with E-state index in [4.69, 9.17) is 18.9 Å². The zero-order valence-electron chi connectivity index (χ0n) is 17.4. The largest absolute Gasteiger partial charge is 0.493 e. The Morgan fingerprint density at radius 1 is 1.07 bits per heavy atom. The van der Waals surface area contributed by atoms with Crippen LogP contribution in [0, 0.1) is 6.92 Å². The summed E-state index contributed by atoms with van der Waals surface area (Å²) in [6.45, 7) is 3.75. The van der Waals surface area contributed by atoms with E-state index in [0.29, 0.717) is 36.8 Å². The maximum Gasteiger partial charge on any atom is 0.337 e. The van der Waals surface area contributed by atoms with Gasteiger partial charge in [-0.15, -0.1) is 0 Å². The first-order valence-corrected chi connectivity index (χ1v) is 9.38. The zero-order chi connectivity index (χ0) is 21.2. The SMILES string of the molecule is COC(=O)c1ccc(OCC(O)CN(C)CCOc2ccc(C)cc2)c(OC)c1. The van der Waals surface area contributed by atoms with Crippen molar-refractivity contribution < 1.29 is 28.8 Å². The van der Waals surface area contributed by atoms with Crippen LogP contribution in [0.4, 0.5) is 0 Å². The van der Waals surface area contributed by atoms with Crippen LogP contribution in [0.15, 0.2) is 42.5 Å². The molecule has 0 saturated carbocycles. The van der Waals surface area contributed by atoms with Crippen LogP contribution < -0.4 is 14.2 Å². The van der Waals surface area contributed by atoms with Crippen molar-refractivity contribution in [2.75, 3.05) is 47.6 Å². The van der Waals surface area contributed by atoms with Crippen molar-refractivity contribution in [3.63, 3.8) is 0 Å². The number of likely N-dealkylation sites (N-methyl/N-ethyl adjacent to an activating group) is 1. The van der Waals surface area contributed by atoms with Gasteiger partial charge in [0.25, 0.3) is 0 Å². The fourth-order valence-corrected chi connectivity index (χ4v) is 2.68. The van der Waals surface area contributed by atoms with Crippen LogP contribution >= 0.6 is 0 Å². The fourth-order valence-electron chi connectivity index (χ4n) is 2.68. The number of carbonyl (C=O) groups is 1. The highest BCUT2D eigenvalue weighted by Gasteiger charge is 2.14. The van der Waals surface area contributed by atoms with Gasteiger partial charge >= 0.3 is 5.97 Å². The van der Waals surface area contributed by atoms with Gasteiger partial charge in [-0.3, -0.25) is 0 Å². The predicted octanol–water partition coefficient (Wildman–Crippen LogP) is 2.54. The second-order valence-corrected chi connectivity index (χ2v) is 6.75. The third-order valence-corrected chi connectivity index (χ3v) is 4.30. The lowest BCUT2D eigenvalue weighted by Gasteiger charge is -2.21. The molecule has 0 saturated heterocycles. The molecule has 0 aliphatic rings. The maximum absolute atomic E-state index is 11.6. The number of aliphatic hydroxyl groups is 1. The van der Waals surface area contributed by atoms with Gasteiger partial charge in [-0.25, -0.2) is 4.79 Å². The van der Waals surface area contributed by atoms with E-state index in [9.17, 15) is 9.90 Å². The molecule has 2 aromatic carbocycles. The Labute approximate surface area is 171 Å². The van der Waals surface area contributed by atoms with Crippen molar-refractivity contribution >= 4 is 5.97 Å². The molecule has 0 aliphatic heterocycles. The van der Waals surface area contributed by atoms with Crippen LogP contribution in [0.1, 0.15) is 15.9 Å². The van der Waals surface area contributed by atoms with Gasteiger partial charge in [0.15, 0.2) is 11.5 Å². The Hall–Kier alpha value is -2.77. The number of aryl methyl sites for hydroxylation is 1. The lowest BCUT2D eigenvalue weighted by Crippen LogP contribution is -2.35. The molecule has 0 radical (unpaired) electrons. The summed E-state index contributed by atoms with van der Waals surface area (Å²) in [5.74, 6) is 1.23. The standard InChI is InChI=1S/C22H29NO6/c1-16-5-8-19(9-6-16)28-12-11-23(2)14-18(24)15-29-20-10-7-17(22(25)27-4)13-21(20)26-3/h5-10,13,18,24H,11-12,14-15H2,1-4H3. The zero-order valence-corrected chi connectivity index (χ0v) is 17.4. The van der Waals surface area contributed by atoms with Crippen molar-refractivity contribution in [2.24, 2.45) is 0 Å². The molecule has 2 aromatic rings. The Morgan fingerprint density at radius 3 is 2.45 bits per heavy atom. The molecule has 0 aromatic heterocycles. The maximum atomic E-state index is 11.6. The summed E-state index contributed by atoms with van der Waals surface area (Å²) in [6, 6.07) is 12.6. The van der Waals surface area contributed by atoms with E-state index in [-0.39, 0.29) is 6.61 Å². The third-order valence-electron chi connectivity index (χ3n) is 4.30. The van der Waals surface area contributed by atoms with Gasteiger partial charge in [0.2, 0.25) is 0 Å². The number of hydrogen-bond donors (Lipinski definition) is 1. The van der Waals surface area contributed by atoms with Crippen molar-refractivity contribution in [2.45, 2.75) is 13.0 Å². The minimum Gasteiger partial charge on any atom is -0.493 e. The normalized spacial score (nSPS) is 11.8. The Balaban J connectivity index is 1.76. The van der Waals surface area contributed by atoms with Crippen molar-refractivity contribution in [3.05, 3.63) is 53.6 Å². The molecule has 1 atom stereocenters. The van der Waals surface area contributed by atoms with Crippen LogP contribution in [-0.4, -0.2) is 69.7 Å². The van der Waals surface area contributed by atoms with Crippen molar-refractivity contribution in [3.8, 4) is 17.2 Å². The van der Waals surface area contributed by atoms with E-state index in [1.807, 2.05) is 43.1 Å². The monoisotopic (exact) mass is 403 g/mol. The molecule has 29 heavy (non-hydrogen) atoms. The first-order chi connectivity index (χ1) is 13.9.